The average molecular weight is 842 g/mol. The number of nitrogens with one attached hydrogen (secondary N) is 2. The summed E-state index contributed by atoms with van der Waals surface area (Å²) in [4.78, 5) is 31.7. The Kier molecular flexibility index (Phi) is 12.9. The molecule has 4 aromatic carbocycles. The van der Waals surface area contributed by atoms with Crippen LogP contribution in [0.3, 0.4) is 0 Å². The molecule has 5 rings (SSSR count). The molecule has 11 nitrogen and oxygen atoms in total. The molecule has 0 aliphatic rings. The predicted octanol–water partition coefficient (Wildman–Crippen LogP) is 9.18. The van der Waals surface area contributed by atoms with Crippen molar-refractivity contribution in [3.05, 3.63) is 151 Å². The molecule has 0 fully saturated rings. The highest BCUT2D eigenvalue weighted by Gasteiger charge is 2.27. The van der Waals surface area contributed by atoms with Gasteiger partial charge in [-0.25, -0.2) is 9.69 Å². The van der Waals surface area contributed by atoms with Crippen molar-refractivity contribution >= 4 is 65.6 Å². The molecular formula is C41H41Cl2N6O5PS. The van der Waals surface area contributed by atoms with E-state index in [1.807, 2.05) is 12.1 Å². The number of hydrogen-bond donors (Lipinski definition) is 4. The van der Waals surface area contributed by atoms with Crippen LogP contribution in [0.1, 0.15) is 72.0 Å². The zero-order chi connectivity index (χ0) is 50.1. The van der Waals surface area contributed by atoms with E-state index in [0.29, 0.717) is 27.4 Å². The van der Waals surface area contributed by atoms with E-state index in [2.05, 4.69) is 37.1 Å². The van der Waals surface area contributed by atoms with Crippen LogP contribution in [0.25, 0.3) is 21.1 Å². The number of aliphatic hydroxyl groups is 2. The van der Waals surface area contributed by atoms with Crippen LogP contribution in [-0.2, 0) is 29.4 Å². The lowest BCUT2D eigenvalue weighted by atomic mass is 9.91. The second-order valence-electron chi connectivity index (χ2n) is 11.8. The van der Waals surface area contributed by atoms with Gasteiger partial charge in [-0.3, -0.25) is 20.4 Å². The van der Waals surface area contributed by atoms with E-state index in [1.165, 1.54) is 13.0 Å². The van der Waals surface area contributed by atoms with Crippen LogP contribution in [0, 0.1) is 32.9 Å². The summed E-state index contributed by atoms with van der Waals surface area (Å²) in [5.41, 5.74) is 6.63. The minimum Gasteiger partial charge on any atom is -0.420 e. The van der Waals surface area contributed by atoms with Gasteiger partial charge in [0.1, 0.15) is 0 Å². The summed E-state index contributed by atoms with van der Waals surface area (Å²) < 4.78 is 83.5. The van der Waals surface area contributed by atoms with Crippen LogP contribution in [0.2, 0.25) is 10.0 Å². The fourth-order valence-electron chi connectivity index (χ4n) is 4.94. The van der Waals surface area contributed by atoms with E-state index in [-0.39, 0.29) is 40.9 Å². The summed E-state index contributed by atoms with van der Waals surface area (Å²) in [6, 6.07) is 0.625. The van der Waals surface area contributed by atoms with Crippen molar-refractivity contribution in [1.82, 2.24) is 21.0 Å². The van der Waals surface area contributed by atoms with Crippen molar-refractivity contribution in [2.24, 2.45) is 5.92 Å². The van der Waals surface area contributed by atoms with E-state index >= 15 is 0 Å². The molecule has 0 spiro atoms. The number of nitrogens with zero attached hydrogens (tertiary/aromatic N) is 4. The number of aliphatic hydroxyl groups excluding tert-OH is 2. The molecule has 1 aromatic heterocycles. The van der Waals surface area contributed by atoms with E-state index in [1.54, 1.807) is 39.0 Å². The Morgan fingerprint density at radius 1 is 0.857 bits per heavy atom. The van der Waals surface area contributed by atoms with E-state index in [0.717, 1.165) is 12.9 Å². The fourth-order valence-corrected chi connectivity index (χ4v) is 5.39. The van der Waals surface area contributed by atoms with E-state index in [9.17, 15) is 19.8 Å². The maximum Gasteiger partial charge on any atom is 0.269 e. The normalized spacial score (nSPS) is 15.1. The molecule has 1 heterocycles. The number of rotatable bonds is 10. The van der Waals surface area contributed by atoms with Crippen LogP contribution in [-0.4, -0.2) is 51.1 Å². The monoisotopic (exact) mass is 840 g/mol. The minimum atomic E-state index is -1.12. The fraction of sp³-hybridized carbons (Fsp3) is 0.268. The van der Waals surface area contributed by atoms with Crippen molar-refractivity contribution < 1.29 is 37.9 Å². The molecule has 4 atom stereocenters. The quantitative estimate of drug-likeness (QED) is 0.0619. The Labute approximate surface area is 357 Å². The topological polar surface area (TPSA) is 146 Å². The van der Waals surface area contributed by atoms with Crippen molar-refractivity contribution in [2.75, 3.05) is 6.66 Å². The molecule has 0 unspecified atom stereocenters. The Hall–Kier alpha value is -5.04. The van der Waals surface area contributed by atoms with Crippen LogP contribution in [0.15, 0.2) is 89.1 Å². The molecule has 0 saturated carbocycles. The van der Waals surface area contributed by atoms with Gasteiger partial charge in [-0.1, -0.05) is 95.5 Å². The third-order valence-electron chi connectivity index (χ3n) is 8.08. The molecular weight excluding hydrogens is 790 g/mol. The van der Waals surface area contributed by atoms with Gasteiger partial charge in [-0.2, -0.15) is 0 Å². The molecule has 56 heavy (non-hydrogen) atoms. The van der Waals surface area contributed by atoms with Crippen LogP contribution >= 0.6 is 30.6 Å². The second-order valence-corrected chi connectivity index (χ2v) is 14.0. The van der Waals surface area contributed by atoms with Gasteiger partial charge in [0.25, 0.3) is 5.91 Å². The van der Waals surface area contributed by atoms with Crippen molar-refractivity contribution in [3.8, 4) is 11.5 Å². The van der Waals surface area contributed by atoms with Crippen molar-refractivity contribution in [3.63, 3.8) is 0 Å². The summed E-state index contributed by atoms with van der Waals surface area (Å²) in [6.07, 6.45) is -1.68. The first-order valence-electron chi connectivity index (χ1n) is 21.4. The Morgan fingerprint density at radius 3 is 1.84 bits per heavy atom. The van der Waals surface area contributed by atoms with Crippen molar-refractivity contribution in [1.29, 1.82) is 0 Å². The number of halogens is 2. The standard InChI is InChI=1S/C20H20ClN3O3.C20H18ClN3O2.CH3PS/c1-12-15(9-10-17(22-3)18(12)21)11-16(13(2)25)20(27)24-23-19(26)14-7-5-4-6-8-14;1-12-15(9-10-17(22-3)18(12)21)11-16(13(2)25)20-24-23-19(26-20)14-7-5-4-6-8-14;1-2-3/h4-10,13,16,25H,11H2,1-2H3,(H,23,26)(H,24,27);4-10,13,16,25H,11H2,1-2H3;1H3/t2*13-,16+;/m00./s1/i2*4D,5D,6D,7D,8D;. The number of benzene rings is 4. The number of carbonyl (C=O) groups is 2. The number of aromatic nitrogens is 2. The lowest BCUT2D eigenvalue weighted by Crippen LogP contribution is -2.47. The summed E-state index contributed by atoms with van der Waals surface area (Å²) in [5.74, 6) is -3.67. The molecule has 0 aliphatic heterocycles. The Morgan fingerprint density at radius 2 is 1.36 bits per heavy atom. The highest BCUT2D eigenvalue weighted by molar-refractivity contribution is 7.96. The molecule has 4 N–H and O–H groups in total. The van der Waals surface area contributed by atoms with Crippen LogP contribution in [0.4, 0.5) is 11.4 Å². The van der Waals surface area contributed by atoms with Gasteiger partial charge < -0.3 is 14.6 Å². The summed E-state index contributed by atoms with van der Waals surface area (Å²) in [6.45, 7) is 22.6. The van der Waals surface area contributed by atoms with E-state index in [4.69, 9.17) is 54.5 Å². The zero-order valence-electron chi connectivity index (χ0n) is 40.6. The van der Waals surface area contributed by atoms with Gasteiger partial charge >= 0.3 is 0 Å². The third-order valence-corrected chi connectivity index (χ3v) is 9.03. The Balaban J connectivity index is 0.000000331. The minimum absolute atomic E-state index is 0.0534. The van der Waals surface area contributed by atoms with Crippen LogP contribution in [0.5, 0.6) is 0 Å². The molecule has 0 bridgehead atoms. The molecule has 2 amide bonds. The highest BCUT2D eigenvalue weighted by atomic mass is 35.5. The van der Waals surface area contributed by atoms with Gasteiger partial charge in [0.15, 0.2) is 0 Å². The lowest BCUT2D eigenvalue weighted by molar-refractivity contribution is -0.128. The zero-order valence-corrected chi connectivity index (χ0v) is 33.8. The van der Waals surface area contributed by atoms with Gasteiger partial charge in [-0.05, 0) is 101 Å². The average Bonchev–Trinajstić information content (AvgIpc) is 3.76. The Bertz CT molecular complexity index is 2710. The first-order chi connectivity index (χ1) is 30.9. The second kappa shape index (κ2) is 22.5. The van der Waals surface area contributed by atoms with Crippen LogP contribution < -0.4 is 10.9 Å². The number of hydrazine groups is 1. The maximum atomic E-state index is 12.6. The maximum absolute atomic E-state index is 12.6. The molecule has 0 aliphatic carbocycles. The smallest absolute Gasteiger partial charge is 0.269 e. The number of hydrogen-bond acceptors (Lipinski definition) is 8. The number of amides is 2. The van der Waals surface area contributed by atoms with Gasteiger partial charge in [0.05, 0.1) is 60.9 Å². The first-order valence-corrected chi connectivity index (χ1v) is 19.5. The first kappa shape index (κ1) is 32.1. The SMILES string of the molecule is CP=S.[2H]c1c([2H])c([2H])c(-c2nnc([C@H](Cc3ccc([N+]#[C-])c(Cl)c3C)[C@H](C)O)o2)c([2H])c1[2H].[2H]c1c([2H])c([2H])c(C(=O)NNC(=O)[C@H](Cc2ccc([N+]#[C-])c(Cl)c2C)[C@H](C)O)c([2H])c1[2H]. The van der Waals surface area contributed by atoms with Gasteiger partial charge in [0, 0.05) is 11.1 Å². The third kappa shape index (κ3) is 12.5. The van der Waals surface area contributed by atoms with Crippen molar-refractivity contribution in [2.45, 2.75) is 58.7 Å². The molecule has 5 aromatic rings. The molecule has 0 saturated heterocycles. The predicted molar refractivity (Wildman–Crippen MR) is 224 cm³/mol. The largest absolute Gasteiger partial charge is 0.420 e. The molecule has 290 valence electrons. The van der Waals surface area contributed by atoms with Gasteiger partial charge in [0.2, 0.25) is 29.1 Å². The highest BCUT2D eigenvalue weighted by Crippen LogP contribution is 2.35. The summed E-state index contributed by atoms with van der Waals surface area (Å²) in [5, 5.41) is 28.8. The van der Waals surface area contributed by atoms with Gasteiger partial charge in [-0.15, -0.1) is 10.2 Å². The number of carbonyl (C=O) groups excluding carboxylic acids is 2. The molecule has 0 radical (unpaired) electrons. The molecule has 15 heteroatoms. The lowest BCUT2D eigenvalue weighted by Gasteiger charge is -2.21. The summed E-state index contributed by atoms with van der Waals surface area (Å²) >= 11 is 16.8. The van der Waals surface area contributed by atoms with E-state index < -0.39 is 102 Å². The summed E-state index contributed by atoms with van der Waals surface area (Å²) in [7, 11) is 1.00.